The van der Waals surface area contributed by atoms with Crippen molar-refractivity contribution in [2.75, 3.05) is 0 Å². The van der Waals surface area contributed by atoms with Gasteiger partial charge >= 0.3 is 5.97 Å². The number of carbonyl (C=O) groups is 1. The maximum absolute atomic E-state index is 11.0. The van der Waals surface area contributed by atoms with E-state index in [0.717, 1.165) is 27.8 Å². The smallest absolute Gasteiger partial charge is 0.308 e. The van der Waals surface area contributed by atoms with E-state index in [1.165, 1.54) is 12.3 Å². The van der Waals surface area contributed by atoms with Crippen molar-refractivity contribution < 1.29 is 9.53 Å². The summed E-state index contributed by atoms with van der Waals surface area (Å²) in [7, 11) is 2.01. The Morgan fingerprint density at radius 2 is 1.75 bits per heavy atom. The second-order valence-corrected chi connectivity index (χ2v) is 5.77. The number of hydrogen-bond donors (Lipinski definition) is 0. The number of carbonyl (C=O) groups excluding carboxylic acids is 1. The van der Waals surface area contributed by atoms with Gasteiger partial charge in [-0.2, -0.15) is 0 Å². The van der Waals surface area contributed by atoms with Gasteiger partial charge in [0.05, 0.1) is 11.0 Å². The number of benzene rings is 3. The van der Waals surface area contributed by atoms with E-state index < -0.39 is 0 Å². The van der Waals surface area contributed by atoms with Crippen LogP contribution in [0.15, 0.2) is 60.7 Å². The Hall–Kier alpha value is -3.14. The van der Waals surface area contributed by atoms with Crippen LogP contribution in [0, 0.1) is 0 Å². The first-order valence-corrected chi connectivity index (χ1v) is 7.76. The van der Waals surface area contributed by atoms with Gasteiger partial charge in [0.2, 0.25) is 0 Å². The van der Waals surface area contributed by atoms with Crippen molar-refractivity contribution in [2.45, 2.75) is 6.92 Å². The molecule has 0 atom stereocenters. The fourth-order valence-corrected chi connectivity index (χ4v) is 3.02. The molecule has 3 aromatic carbocycles. The predicted octanol–water partition coefficient (Wildman–Crippen LogP) is 4.32. The predicted molar refractivity (Wildman–Crippen MR) is 95.0 cm³/mol. The Bertz CT molecular complexity index is 1060. The summed E-state index contributed by atoms with van der Waals surface area (Å²) < 4.78 is 7.17. The monoisotopic (exact) mass is 316 g/mol. The van der Waals surface area contributed by atoms with Crippen LogP contribution in [0.25, 0.3) is 33.2 Å². The van der Waals surface area contributed by atoms with Crippen molar-refractivity contribution in [3.8, 4) is 17.1 Å². The van der Waals surface area contributed by atoms with Crippen LogP contribution in [0.1, 0.15) is 6.92 Å². The van der Waals surface area contributed by atoms with E-state index in [-0.39, 0.29) is 5.97 Å². The number of nitrogens with zero attached hydrogens (tertiary/aromatic N) is 2. The summed E-state index contributed by atoms with van der Waals surface area (Å²) in [5.41, 5.74) is 3.07. The first kappa shape index (κ1) is 14.5. The van der Waals surface area contributed by atoms with Crippen molar-refractivity contribution in [1.82, 2.24) is 9.55 Å². The van der Waals surface area contributed by atoms with Crippen LogP contribution in [0.5, 0.6) is 5.75 Å². The number of esters is 1. The molecule has 0 bridgehead atoms. The van der Waals surface area contributed by atoms with Crippen LogP contribution >= 0.6 is 0 Å². The van der Waals surface area contributed by atoms with Gasteiger partial charge in [-0.25, -0.2) is 4.98 Å². The van der Waals surface area contributed by atoms with Crippen LogP contribution in [-0.4, -0.2) is 15.5 Å². The molecule has 0 saturated carbocycles. The van der Waals surface area contributed by atoms with Crippen molar-refractivity contribution in [2.24, 2.45) is 7.05 Å². The fraction of sp³-hybridized carbons (Fsp3) is 0.100. The summed E-state index contributed by atoms with van der Waals surface area (Å²) in [6, 6.07) is 19.9. The molecule has 0 aliphatic carbocycles. The summed E-state index contributed by atoms with van der Waals surface area (Å²) in [6.07, 6.45) is 0. The first-order valence-electron chi connectivity index (χ1n) is 7.76. The minimum Gasteiger partial charge on any atom is -0.427 e. The van der Waals surface area contributed by atoms with E-state index >= 15 is 0 Å². The van der Waals surface area contributed by atoms with E-state index in [2.05, 4.69) is 28.8 Å². The maximum Gasteiger partial charge on any atom is 0.308 e. The maximum atomic E-state index is 11.0. The van der Waals surface area contributed by atoms with E-state index in [1.807, 2.05) is 31.3 Å². The van der Waals surface area contributed by atoms with Gasteiger partial charge < -0.3 is 9.30 Å². The van der Waals surface area contributed by atoms with Gasteiger partial charge in [0.15, 0.2) is 0 Å². The Balaban J connectivity index is 1.86. The van der Waals surface area contributed by atoms with Crippen LogP contribution in [0.3, 0.4) is 0 Å². The van der Waals surface area contributed by atoms with Crippen LogP contribution in [0.2, 0.25) is 0 Å². The van der Waals surface area contributed by atoms with Crippen LogP contribution < -0.4 is 4.74 Å². The molecule has 24 heavy (non-hydrogen) atoms. The topological polar surface area (TPSA) is 44.1 Å². The molecular weight excluding hydrogens is 300 g/mol. The summed E-state index contributed by atoms with van der Waals surface area (Å²) >= 11 is 0. The molecule has 0 radical (unpaired) electrons. The quantitative estimate of drug-likeness (QED) is 0.409. The lowest BCUT2D eigenvalue weighted by Crippen LogP contribution is -2.01. The minimum absolute atomic E-state index is 0.322. The average Bonchev–Trinajstić information content (AvgIpc) is 2.92. The molecule has 0 unspecified atom stereocenters. The number of imidazole rings is 1. The molecule has 0 amide bonds. The highest BCUT2D eigenvalue weighted by Gasteiger charge is 2.12. The van der Waals surface area contributed by atoms with Crippen molar-refractivity contribution in [3.63, 3.8) is 0 Å². The Morgan fingerprint density at radius 3 is 2.50 bits per heavy atom. The van der Waals surface area contributed by atoms with Gasteiger partial charge in [-0.3, -0.25) is 4.79 Å². The lowest BCUT2D eigenvalue weighted by molar-refractivity contribution is -0.131. The van der Waals surface area contributed by atoms with Gasteiger partial charge in [0, 0.05) is 24.9 Å². The van der Waals surface area contributed by atoms with E-state index in [1.54, 1.807) is 12.1 Å². The normalized spacial score (nSPS) is 11.1. The number of rotatable bonds is 2. The third-order valence-electron chi connectivity index (χ3n) is 4.15. The van der Waals surface area contributed by atoms with Crippen LogP contribution in [0.4, 0.5) is 0 Å². The van der Waals surface area contributed by atoms with E-state index in [9.17, 15) is 4.79 Å². The van der Waals surface area contributed by atoms with Gasteiger partial charge in [-0.1, -0.05) is 30.3 Å². The van der Waals surface area contributed by atoms with Crippen LogP contribution in [-0.2, 0) is 11.8 Å². The largest absolute Gasteiger partial charge is 0.427 e. The summed E-state index contributed by atoms with van der Waals surface area (Å²) in [4.78, 5) is 15.9. The average molecular weight is 316 g/mol. The van der Waals surface area contributed by atoms with Crippen molar-refractivity contribution >= 4 is 27.8 Å². The zero-order valence-electron chi connectivity index (χ0n) is 13.5. The molecule has 1 heterocycles. The molecule has 0 spiro atoms. The lowest BCUT2D eigenvalue weighted by Gasteiger charge is -2.04. The number of aromatic nitrogens is 2. The highest BCUT2D eigenvalue weighted by molar-refractivity contribution is 6.05. The van der Waals surface area contributed by atoms with E-state index in [4.69, 9.17) is 9.72 Å². The molecule has 0 aliphatic rings. The Morgan fingerprint density at radius 1 is 1.00 bits per heavy atom. The third-order valence-corrected chi connectivity index (χ3v) is 4.15. The van der Waals surface area contributed by atoms with Gasteiger partial charge in [0.1, 0.15) is 11.6 Å². The summed E-state index contributed by atoms with van der Waals surface area (Å²) in [6.45, 7) is 1.39. The molecule has 4 nitrogen and oxygen atoms in total. The first-order chi connectivity index (χ1) is 11.6. The van der Waals surface area contributed by atoms with E-state index in [0.29, 0.717) is 5.75 Å². The minimum atomic E-state index is -0.322. The highest BCUT2D eigenvalue weighted by atomic mass is 16.5. The molecule has 4 heteroatoms. The van der Waals surface area contributed by atoms with Gasteiger partial charge in [-0.15, -0.1) is 0 Å². The second kappa shape index (κ2) is 5.49. The third kappa shape index (κ3) is 2.33. The lowest BCUT2D eigenvalue weighted by atomic mass is 10.1. The van der Waals surface area contributed by atoms with Gasteiger partial charge in [-0.05, 0) is 35.7 Å². The SMILES string of the molecule is CC(=O)Oc1ccc(-c2nc3c4ccccc4ccc3n2C)cc1. The Labute approximate surface area is 139 Å². The standard InChI is InChI=1S/C20H16N2O2/c1-13(23)24-16-10-7-15(8-11-16)20-21-19-17-6-4-3-5-14(17)9-12-18(19)22(20)2/h3-12H,1-2H3. The van der Waals surface area contributed by atoms with Crippen molar-refractivity contribution in [3.05, 3.63) is 60.7 Å². The number of fused-ring (bicyclic) bond motifs is 3. The molecule has 0 N–H and O–H groups in total. The molecule has 1 aromatic heterocycles. The summed E-state index contributed by atoms with van der Waals surface area (Å²) in [5, 5.41) is 2.33. The second-order valence-electron chi connectivity index (χ2n) is 5.77. The molecule has 118 valence electrons. The molecule has 0 fully saturated rings. The van der Waals surface area contributed by atoms with Crippen molar-refractivity contribution in [1.29, 1.82) is 0 Å². The number of hydrogen-bond acceptors (Lipinski definition) is 3. The molecule has 4 aromatic rings. The molecular formula is C20H16N2O2. The molecule has 0 saturated heterocycles. The molecule has 0 aliphatic heterocycles. The highest BCUT2D eigenvalue weighted by Crippen LogP contribution is 2.29. The zero-order valence-corrected chi connectivity index (χ0v) is 13.5. The zero-order chi connectivity index (χ0) is 16.7. The molecule has 4 rings (SSSR count). The number of ether oxygens (including phenoxy) is 1. The Kier molecular flexibility index (Phi) is 3.31. The fourth-order valence-electron chi connectivity index (χ4n) is 3.02. The number of aryl methyl sites for hydroxylation is 1. The summed E-state index contributed by atoms with van der Waals surface area (Å²) in [5.74, 6) is 1.10. The van der Waals surface area contributed by atoms with Gasteiger partial charge in [0.25, 0.3) is 0 Å².